The molecular formula is C9H17. The molecule has 0 aromatic rings. The molecule has 0 aromatic carbocycles. The molecule has 0 N–H and O–H groups in total. The van der Waals surface area contributed by atoms with Crippen molar-refractivity contribution >= 4 is 0 Å². The smallest absolute Gasteiger partial charge is 0.0414 e. The third-order valence-corrected chi connectivity index (χ3v) is 2.26. The van der Waals surface area contributed by atoms with Gasteiger partial charge in [0.05, 0.1) is 0 Å². The van der Waals surface area contributed by atoms with E-state index in [1.807, 2.05) is 0 Å². The van der Waals surface area contributed by atoms with Crippen molar-refractivity contribution in [3.05, 3.63) is 6.92 Å². The van der Waals surface area contributed by atoms with Crippen molar-refractivity contribution in [2.45, 2.75) is 39.0 Å². The van der Waals surface area contributed by atoms with Crippen LogP contribution in [0.2, 0.25) is 0 Å². The summed E-state index contributed by atoms with van der Waals surface area (Å²) < 4.78 is 0. The second-order valence-corrected chi connectivity index (χ2v) is 3.41. The summed E-state index contributed by atoms with van der Waals surface area (Å²) in [6, 6.07) is 0. The molecule has 1 saturated carbocycles. The van der Waals surface area contributed by atoms with E-state index in [9.17, 15) is 0 Å². The molecule has 1 unspecified atom stereocenters. The fourth-order valence-electron chi connectivity index (χ4n) is 1.07. The summed E-state index contributed by atoms with van der Waals surface area (Å²) in [5.74, 6) is 1.98. The molecule has 0 heteroatoms. The molecule has 0 heterocycles. The van der Waals surface area contributed by atoms with Gasteiger partial charge in [0.25, 0.3) is 0 Å². The van der Waals surface area contributed by atoms with Gasteiger partial charge in [0.15, 0.2) is 0 Å². The average Bonchev–Trinajstić information content (AvgIpc) is 2.65. The minimum Gasteiger partial charge on any atom is -0.0625 e. The van der Waals surface area contributed by atoms with Crippen LogP contribution in [0.25, 0.3) is 0 Å². The summed E-state index contributed by atoms with van der Waals surface area (Å²) in [7, 11) is 0. The minimum atomic E-state index is 0.866. The Bertz CT molecular complexity index is 72.1. The van der Waals surface area contributed by atoms with Crippen LogP contribution in [0.1, 0.15) is 39.0 Å². The molecule has 1 atom stereocenters. The SMILES string of the molecule is [CH2]CC(C)CCC1CC1. The second kappa shape index (κ2) is 3.24. The van der Waals surface area contributed by atoms with E-state index < -0.39 is 0 Å². The summed E-state index contributed by atoms with van der Waals surface area (Å²) in [6.45, 7) is 6.18. The van der Waals surface area contributed by atoms with E-state index in [1.54, 1.807) is 0 Å². The van der Waals surface area contributed by atoms with E-state index in [4.69, 9.17) is 0 Å². The third kappa shape index (κ3) is 2.88. The van der Waals surface area contributed by atoms with Gasteiger partial charge in [0.1, 0.15) is 0 Å². The van der Waals surface area contributed by atoms with E-state index in [2.05, 4.69) is 13.8 Å². The molecule has 0 amide bonds. The Labute approximate surface area is 58.7 Å². The maximum absolute atomic E-state index is 3.88. The average molecular weight is 125 g/mol. The highest BCUT2D eigenvalue weighted by Gasteiger charge is 2.20. The molecule has 9 heavy (non-hydrogen) atoms. The highest BCUT2D eigenvalue weighted by atomic mass is 14.3. The predicted molar refractivity (Wildman–Crippen MR) is 41.1 cm³/mol. The van der Waals surface area contributed by atoms with E-state index in [1.165, 1.54) is 25.7 Å². The normalized spacial score (nSPS) is 22.0. The first kappa shape index (κ1) is 7.11. The van der Waals surface area contributed by atoms with Crippen LogP contribution in [0.5, 0.6) is 0 Å². The highest BCUT2D eigenvalue weighted by molar-refractivity contribution is 4.73. The van der Waals surface area contributed by atoms with Crippen molar-refractivity contribution in [2.75, 3.05) is 0 Å². The molecule has 0 bridgehead atoms. The van der Waals surface area contributed by atoms with Gasteiger partial charge in [-0.2, -0.15) is 0 Å². The molecule has 1 fully saturated rings. The van der Waals surface area contributed by atoms with Gasteiger partial charge < -0.3 is 0 Å². The zero-order valence-electron chi connectivity index (χ0n) is 6.40. The minimum absolute atomic E-state index is 0.866. The fraction of sp³-hybridized carbons (Fsp3) is 0.889. The van der Waals surface area contributed by atoms with Crippen LogP contribution in [-0.2, 0) is 0 Å². The van der Waals surface area contributed by atoms with Crippen molar-refractivity contribution < 1.29 is 0 Å². The molecule has 1 rings (SSSR count). The van der Waals surface area contributed by atoms with Crippen molar-refractivity contribution in [1.29, 1.82) is 0 Å². The monoisotopic (exact) mass is 125 g/mol. The van der Waals surface area contributed by atoms with Gasteiger partial charge in [0.2, 0.25) is 0 Å². The van der Waals surface area contributed by atoms with Gasteiger partial charge in [-0.25, -0.2) is 0 Å². The molecule has 0 saturated heterocycles. The van der Waals surface area contributed by atoms with Gasteiger partial charge in [-0.05, 0) is 11.8 Å². The maximum Gasteiger partial charge on any atom is -0.0414 e. The third-order valence-electron chi connectivity index (χ3n) is 2.26. The lowest BCUT2D eigenvalue weighted by Crippen LogP contribution is -1.91. The Balaban J connectivity index is 1.90. The fourth-order valence-corrected chi connectivity index (χ4v) is 1.07. The maximum atomic E-state index is 3.88. The largest absolute Gasteiger partial charge is 0.0625 e. The summed E-state index contributed by atoms with van der Waals surface area (Å²) in [5, 5.41) is 0. The first-order valence-corrected chi connectivity index (χ1v) is 4.12. The Morgan fingerprint density at radius 3 is 2.67 bits per heavy atom. The number of rotatable bonds is 4. The summed E-state index contributed by atoms with van der Waals surface area (Å²) in [6.07, 6.45) is 7.01. The van der Waals surface area contributed by atoms with Crippen LogP contribution in [0, 0.1) is 18.8 Å². The van der Waals surface area contributed by atoms with Gasteiger partial charge >= 0.3 is 0 Å². The van der Waals surface area contributed by atoms with Crippen LogP contribution in [0.3, 0.4) is 0 Å². The van der Waals surface area contributed by atoms with Crippen LogP contribution >= 0.6 is 0 Å². The van der Waals surface area contributed by atoms with E-state index in [0.29, 0.717) is 0 Å². The highest BCUT2D eigenvalue weighted by Crippen LogP contribution is 2.34. The molecule has 0 spiro atoms. The number of hydrogen-bond donors (Lipinski definition) is 0. The molecule has 0 nitrogen and oxygen atoms in total. The van der Waals surface area contributed by atoms with Gasteiger partial charge in [0, 0.05) is 0 Å². The standard InChI is InChI=1S/C9H17/c1-3-8(2)4-5-9-6-7-9/h8-9H,1,3-7H2,2H3. The summed E-state index contributed by atoms with van der Waals surface area (Å²) >= 11 is 0. The zero-order valence-corrected chi connectivity index (χ0v) is 6.40. The Morgan fingerprint density at radius 1 is 1.56 bits per heavy atom. The quantitative estimate of drug-likeness (QED) is 0.541. The molecule has 0 aromatic heterocycles. The van der Waals surface area contributed by atoms with E-state index >= 15 is 0 Å². The van der Waals surface area contributed by atoms with Crippen LogP contribution < -0.4 is 0 Å². The molecule has 53 valence electrons. The summed E-state index contributed by atoms with van der Waals surface area (Å²) in [5.41, 5.74) is 0. The van der Waals surface area contributed by atoms with Gasteiger partial charge in [-0.1, -0.05) is 46.0 Å². The summed E-state index contributed by atoms with van der Waals surface area (Å²) in [4.78, 5) is 0. The first-order valence-electron chi connectivity index (χ1n) is 4.12. The predicted octanol–water partition coefficient (Wildman–Crippen LogP) is 3.04. The van der Waals surface area contributed by atoms with Crippen LogP contribution in [0.15, 0.2) is 0 Å². The molecule has 0 aliphatic heterocycles. The van der Waals surface area contributed by atoms with E-state index in [0.717, 1.165) is 18.3 Å². The van der Waals surface area contributed by atoms with Crippen molar-refractivity contribution in [3.8, 4) is 0 Å². The second-order valence-electron chi connectivity index (χ2n) is 3.41. The van der Waals surface area contributed by atoms with Gasteiger partial charge in [-0.3, -0.25) is 0 Å². The zero-order chi connectivity index (χ0) is 6.69. The Morgan fingerprint density at radius 2 is 2.22 bits per heavy atom. The lowest BCUT2D eigenvalue weighted by Gasteiger charge is -2.05. The van der Waals surface area contributed by atoms with E-state index in [-0.39, 0.29) is 0 Å². The van der Waals surface area contributed by atoms with Crippen molar-refractivity contribution in [3.63, 3.8) is 0 Å². The first-order chi connectivity index (χ1) is 4.33. The van der Waals surface area contributed by atoms with Crippen LogP contribution in [0.4, 0.5) is 0 Å². The van der Waals surface area contributed by atoms with Crippen molar-refractivity contribution in [2.24, 2.45) is 11.8 Å². The van der Waals surface area contributed by atoms with Gasteiger partial charge in [-0.15, -0.1) is 0 Å². The lowest BCUT2D eigenvalue weighted by molar-refractivity contribution is 0.493. The lowest BCUT2D eigenvalue weighted by atomic mass is 10.0. The van der Waals surface area contributed by atoms with Crippen molar-refractivity contribution in [1.82, 2.24) is 0 Å². The Hall–Kier alpha value is 0. The molecule has 1 aliphatic carbocycles. The van der Waals surface area contributed by atoms with Crippen LogP contribution in [-0.4, -0.2) is 0 Å². The molecular weight excluding hydrogens is 108 g/mol. The Kier molecular flexibility index (Phi) is 2.56. The molecule has 1 radical (unpaired) electrons. The number of hydrogen-bond acceptors (Lipinski definition) is 0. The topological polar surface area (TPSA) is 0 Å². The molecule has 1 aliphatic rings.